The zero-order chi connectivity index (χ0) is 12.3. The Morgan fingerprint density at radius 1 is 1.41 bits per heavy atom. The summed E-state index contributed by atoms with van der Waals surface area (Å²) in [6.07, 6.45) is 0. The van der Waals surface area contributed by atoms with Gasteiger partial charge in [-0.1, -0.05) is 32.4 Å². The van der Waals surface area contributed by atoms with Gasteiger partial charge in [0.1, 0.15) is 16.6 Å². The van der Waals surface area contributed by atoms with Crippen molar-refractivity contribution in [2.24, 2.45) is 0 Å². The van der Waals surface area contributed by atoms with E-state index in [1.54, 1.807) is 6.07 Å². The Bertz CT molecular complexity index is 500. The van der Waals surface area contributed by atoms with Crippen molar-refractivity contribution in [2.75, 3.05) is 7.05 Å². The van der Waals surface area contributed by atoms with E-state index in [0.29, 0.717) is 22.0 Å². The summed E-state index contributed by atoms with van der Waals surface area (Å²) >= 11 is 4.51. The van der Waals surface area contributed by atoms with Gasteiger partial charge in [0.2, 0.25) is 0 Å². The van der Waals surface area contributed by atoms with Crippen LogP contribution >= 0.6 is 27.3 Å². The van der Waals surface area contributed by atoms with Gasteiger partial charge in [-0.25, -0.2) is 4.39 Å². The number of halogens is 2. The molecule has 90 valence electrons. The van der Waals surface area contributed by atoms with Crippen molar-refractivity contribution in [3.63, 3.8) is 0 Å². The Kier molecular flexibility index (Phi) is 4.03. The van der Waals surface area contributed by atoms with Crippen LogP contribution in [0.25, 0.3) is 0 Å². The zero-order valence-corrected chi connectivity index (χ0v) is 11.3. The van der Waals surface area contributed by atoms with E-state index in [0.717, 1.165) is 5.01 Å². The van der Waals surface area contributed by atoms with Crippen molar-refractivity contribution in [3.05, 3.63) is 33.5 Å². The minimum absolute atomic E-state index is 0.366. The molecule has 1 aromatic carbocycles. The highest BCUT2D eigenvalue weighted by Crippen LogP contribution is 2.27. The number of aromatic nitrogens is 2. The lowest BCUT2D eigenvalue weighted by Gasteiger charge is -2.01. The van der Waals surface area contributed by atoms with Crippen LogP contribution in [-0.4, -0.2) is 17.2 Å². The molecular weight excluding hydrogens is 309 g/mol. The van der Waals surface area contributed by atoms with Gasteiger partial charge < -0.3 is 10.1 Å². The van der Waals surface area contributed by atoms with Gasteiger partial charge in [-0.2, -0.15) is 0 Å². The fourth-order valence-electron chi connectivity index (χ4n) is 1.19. The van der Waals surface area contributed by atoms with Crippen molar-refractivity contribution >= 4 is 27.3 Å². The fourth-order valence-corrected chi connectivity index (χ4v) is 2.35. The minimum atomic E-state index is -0.366. The molecule has 0 saturated carbocycles. The van der Waals surface area contributed by atoms with Crippen LogP contribution in [0.15, 0.2) is 22.7 Å². The molecule has 0 radical (unpaired) electrons. The van der Waals surface area contributed by atoms with Gasteiger partial charge in [-0.15, -0.1) is 5.10 Å². The SMILES string of the molecule is CNCc1nnc(Oc2cc(F)cc(Br)c2)s1. The molecule has 0 aliphatic rings. The molecular formula is C10H9BrFN3OS. The predicted molar refractivity (Wildman–Crippen MR) is 66.8 cm³/mol. The molecule has 2 aromatic rings. The van der Waals surface area contributed by atoms with E-state index in [2.05, 4.69) is 31.4 Å². The lowest BCUT2D eigenvalue weighted by Crippen LogP contribution is -2.04. The molecule has 0 aliphatic carbocycles. The van der Waals surface area contributed by atoms with E-state index in [-0.39, 0.29) is 5.82 Å². The topological polar surface area (TPSA) is 47.0 Å². The minimum Gasteiger partial charge on any atom is -0.430 e. The van der Waals surface area contributed by atoms with E-state index >= 15 is 0 Å². The van der Waals surface area contributed by atoms with Gasteiger partial charge >= 0.3 is 0 Å². The summed E-state index contributed by atoms with van der Waals surface area (Å²) in [6, 6.07) is 4.32. The Morgan fingerprint density at radius 2 is 2.24 bits per heavy atom. The van der Waals surface area contributed by atoms with Crippen molar-refractivity contribution in [1.29, 1.82) is 0 Å². The predicted octanol–water partition coefficient (Wildman–Crippen LogP) is 2.95. The number of nitrogens with one attached hydrogen (secondary N) is 1. The lowest BCUT2D eigenvalue weighted by atomic mass is 10.3. The Balaban J connectivity index is 2.13. The number of hydrogen-bond donors (Lipinski definition) is 1. The van der Waals surface area contributed by atoms with Crippen LogP contribution in [0.3, 0.4) is 0 Å². The summed E-state index contributed by atoms with van der Waals surface area (Å²) in [5.74, 6) is 0.0263. The molecule has 0 aliphatic heterocycles. The molecule has 0 atom stereocenters. The molecule has 1 heterocycles. The van der Waals surface area contributed by atoms with Crippen LogP contribution in [0.4, 0.5) is 4.39 Å². The monoisotopic (exact) mass is 317 g/mol. The molecule has 1 aromatic heterocycles. The fraction of sp³-hybridized carbons (Fsp3) is 0.200. The highest BCUT2D eigenvalue weighted by Gasteiger charge is 2.07. The Labute approximate surface area is 110 Å². The second kappa shape index (κ2) is 5.52. The summed E-state index contributed by atoms with van der Waals surface area (Å²) in [5, 5.41) is 12.0. The standard InChI is InChI=1S/C10H9BrFN3OS/c1-13-5-9-14-15-10(17-9)16-8-3-6(11)2-7(12)4-8/h2-4,13H,5H2,1H3. The van der Waals surface area contributed by atoms with E-state index in [1.807, 2.05) is 7.05 Å². The summed E-state index contributed by atoms with van der Waals surface area (Å²) < 4.78 is 19.1. The highest BCUT2D eigenvalue weighted by molar-refractivity contribution is 9.10. The molecule has 7 heteroatoms. The van der Waals surface area contributed by atoms with E-state index in [4.69, 9.17) is 4.74 Å². The van der Waals surface area contributed by atoms with Crippen LogP contribution in [0.5, 0.6) is 10.9 Å². The maximum absolute atomic E-state index is 13.1. The first kappa shape index (κ1) is 12.4. The first-order chi connectivity index (χ1) is 8.17. The number of rotatable bonds is 4. The molecule has 0 amide bonds. The molecule has 0 bridgehead atoms. The van der Waals surface area contributed by atoms with E-state index in [9.17, 15) is 4.39 Å². The summed E-state index contributed by atoms with van der Waals surface area (Å²) in [5.41, 5.74) is 0. The maximum Gasteiger partial charge on any atom is 0.299 e. The average molecular weight is 318 g/mol. The van der Waals surface area contributed by atoms with Gasteiger partial charge in [0.05, 0.1) is 0 Å². The van der Waals surface area contributed by atoms with Crippen molar-refractivity contribution in [2.45, 2.75) is 6.54 Å². The van der Waals surface area contributed by atoms with Crippen molar-refractivity contribution in [1.82, 2.24) is 15.5 Å². The maximum atomic E-state index is 13.1. The molecule has 0 spiro atoms. The van der Waals surface area contributed by atoms with Gasteiger partial charge in [0.15, 0.2) is 0 Å². The van der Waals surface area contributed by atoms with Gasteiger partial charge in [0, 0.05) is 17.1 Å². The molecule has 0 unspecified atom stereocenters. The second-order valence-corrected chi connectivity index (χ2v) is 5.14. The lowest BCUT2D eigenvalue weighted by molar-refractivity contribution is 0.467. The van der Waals surface area contributed by atoms with Crippen LogP contribution in [0.2, 0.25) is 0 Å². The molecule has 1 N–H and O–H groups in total. The number of hydrogen-bond acceptors (Lipinski definition) is 5. The average Bonchev–Trinajstić information content (AvgIpc) is 2.64. The Hall–Kier alpha value is -1.05. The normalized spacial score (nSPS) is 10.5. The number of ether oxygens (including phenoxy) is 1. The van der Waals surface area contributed by atoms with E-state index in [1.165, 1.54) is 23.5 Å². The summed E-state index contributed by atoms with van der Waals surface area (Å²) in [6.45, 7) is 0.633. The molecule has 0 saturated heterocycles. The summed E-state index contributed by atoms with van der Waals surface area (Å²) in [7, 11) is 1.83. The molecule has 4 nitrogen and oxygen atoms in total. The van der Waals surface area contributed by atoms with Gasteiger partial charge in [0.25, 0.3) is 5.19 Å². The zero-order valence-electron chi connectivity index (χ0n) is 8.91. The summed E-state index contributed by atoms with van der Waals surface area (Å²) in [4.78, 5) is 0. The third-order valence-electron chi connectivity index (χ3n) is 1.82. The first-order valence-electron chi connectivity index (χ1n) is 4.78. The smallest absolute Gasteiger partial charge is 0.299 e. The molecule has 0 fully saturated rings. The largest absolute Gasteiger partial charge is 0.430 e. The third-order valence-corrected chi connectivity index (χ3v) is 3.08. The highest BCUT2D eigenvalue weighted by atomic mass is 79.9. The van der Waals surface area contributed by atoms with Crippen LogP contribution < -0.4 is 10.1 Å². The van der Waals surface area contributed by atoms with Gasteiger partial charge in [-0.05, 0) is 19.2 Å². The van der Waals surface area contributed by atoms with Crippen LogP contribution in [0, 0.1) is 5.82 Å². The molecule has 2 rings (SSSR count). The second-order valence-electron chi connectivity index (χ2n) is 3.20. The molecule has 17 heavy (non-hydrogen) atoms. The van der Waals surface area contributed by atoms with Gasteiger partial charge in [-0.3, -0.25) is 0 Å². The quantitative estimate of drug-likeness (QED) is 0.941. The van der Waals surface area contributed by atoms with Crippen molar-refractivity contribution < 1.29 is 9.13 Å². The number of nitrogens with zero attached hydrogens (tertiary/aromatic N) is 2. The van der Waals surface area contributed by atoms with Crippen molar-refractivity contribution in [3.8, 4) is 10.9 Å². The van der Waals surface area contributed by atoms with E-state index < -0.39 is 0 Å². The Morgan fingerprint density at radius 3 is 2.94 bits per heavy atom. The van der Waals surface area contributed by atoms with Crippen LogP contribution in [0.1, 0.15) is 5.01 Å². The van der Waals surface area contributed by atoms with Crippen LogP contribution in [-0.2, 0) is 6.54 Å². The number of benzene rings is 1. The third kappa shape index (κ3) is 3.45. The first-order valence-corrected chi connectivity index (χ1v) is 6.39.